The summed E-state index contributed by atoms with van der Waals surface area (Å²) < 4.78 is 0. The molecule has 0 unspecified atom stereocenters. The van der Waals surface area contributed by atoms with Crippen molar-refractivity contribution >= 4 is 21.5 Å². The second kappa shape index (κ2) is 4.17. The van der Waals surface area contributed by atoms with Crippen LogP contribution in [0, 0.1) is 5.92 Å². The van der Waals surface area contributed by atoms with Crippen LogP contribution in [0.15, 0.2) is 0 Å². The summed E-state index contributed by atoms with van der Waals surface area (Å²) in [4.78, 5) is 4.57. The smallest absolute Gasteiger partial charge is 0.184 e. The van der Waals surface area contributed by atoms with Crippen LogP contribution in [-0.2, 0) is 6.42 Å². The second-order valence-electron chi connectivity index (χ2n) is 4.10. The van der Waals surface area contributed by atoms with Crippen molar-refractivity contribution in [2.75, 3.05) is 23.7 Å². The number of aryl methyl sites for hydroxylation is 1. The van der Waals surface area contributed by atoms with Crippen LogP contribution in [0.5, 0.6) is 0 Å². The van der Waals surface area contributed by atoms with Crippen molar-refractivity contribution in [3.05, 3.63) is 5.69 Å². The minimum absolute atomic E-state index is 0.670. The molecule has 0 fully saturated rings. The molecule has 78 valence electrons. The summed E-state index contributed by atoms with van der Waals surface area (Å²) in [6.45, 7) is 6.52. The molecule has 0 amide bonds. The zero-order valence-electron chi connectivity index (χ0n) is 8.76. The molecule has 2 N–H and O–H groups in total. The van der Waals surface area contributed by atoms with Crippen molar-refractivity contribution in [1.82, 2.24) is 4.98 Å². The molecule has 3 nitrogen and oxygen atoms in total. The Labute approximate surface area is 88.9 Å². The van der Waals surface area contributed by atoms with Crippen molar-refractivity contribution in [2.45, 2.75) is 26.7 Å². The molecule has 0 radical (unpaired) electrons. The summed E-state index contributed by atoms with van der Waals surface area (Å²) in [6.07, 6.45) is 2.34. The van der Waals surface area contributed by atoms with Crippen molar-refractivity contribution in [3.8, 4) is 0 Å². The fraction of sp³-hybridized carbons (Fsp3) is 0.700. The Morgan fingerprint density at radius 1 is 1.57 bits per heavy atom. The maximum atomic E-state index is 4.57. The fourth-order valence-corrected chi connectivity index (χ4v) is 2.43. The quantitative estimate of drug-likeness (QED) is 0.807. The normalized spacial score (nSPS) is 15.1. The first-order valence-corrected chi connectivity index (χ1v) is 6.05. The lowest BCUT2D eigenvalue weighted by molar-refractivity contribution is 0.688. The number of thiazole rings is 1. The molecule has 1 aromatic rings. The first kappa shape index (κ1) is 9.77. The number of hydrogen-bond donors (Lipinski definition) is 2. The largest absolute Gasteiger partial charge is 0.375 e. The fourth-order valence-electron chi connectivity index (χ4n) is 1.48. The molecule has 1 aliphatic rings. The number of hydrogen-bond acceptors (Lipinski definition) is 4. The van der Waals surface area contributed by atoms with Gasteiger partial charge < -0.3 is 10.6 Å². The predicted molar refractivity (Wildman–Crippen MR) is 62.3 cm³/mol. The third-order valence-corrected chi connectivity index (χ3v) is 3.25. The van der Waals surface area contributed by atoms with Gasteiger partial charge in [0.25, 0.3) is 0 Å². The molecule has 0 saturated heterocycles. The lowest BCUT2D eigenvalue weighted by Crippen LogP contribution is -2.09. The minimum Gasteiger partial charge on any atom is -0.375 e. The summed E-state index contributed by atoms with van der Waals surface area (Å²) in [5.74, 6) is 0.670. The maximum Gasteiger partial charge on any atom is 0.184 e. The van der Waals surface area contributed by atoms with Gasteiger partial charge in [0.2, 0.25) is 0 Å². The molecular weight excluding hydrogens is 194 g/mol. The number of aromatic nitrogens is 1. The zero-order valence-corrected chi connectivity index (χ0v) is 9.58. The highest BCUT2D eigenvalue weighted by Crippen LogP contribution is 2.31. The van der Waals surface area contributed by atoms with Gasteiger partial charge in [-0.25, -0.2) is 4.98 Å². The molecule has 0 saturated carbocycles. The standard InChI is InChI=1S/C10H17N3S/c1-7(2)6-12-10-13-8-4-3-5-11-9(8)14-10/h7,11H,3-6H2,1-2H3,(H,12,13). The van der Waals surface area contributed by atoms with Gasteiger partial charge >= 0.3 is 0 Å². The average molecular weight is 211 g/mol. The number of anilines is 2. The Morgan fingerprint density at radius 3 is 3.14 bits per heavy atom. The van der Waals surface area contributed by atoms with Crippen LogP contribution in [0.4, 0.5) is 10.1 Å². The van der Waals surface area contributed by atoms with Crippen LogP contribution in [-0.4, -0.2) is 18.1 Å². The van der Waals surface area contributed by atoms with E-state index in [-0.39, 0.29) is 0 Å². The Hall–Kier alpha value is -0.770. The Kier molecular flexibility index (Phi) is 2.91. The highest BCUT2D eigenvalue weighted by molar-refractivity contribution is 7.19. The van der Waals surface area contributed by atoms with E-state index in [1.807, 2.05) is 0 Å². The molecule has 14 heavy (non-hydrogen) atoms. The summed E-state index contributed by atoms with van der Waals surface area (Å²) >= 11 is 1.74. The highest BCUT2D eigenvalue weighted by atomic mass is 32.1. The van der Waals surface area contributed by atoms with E-state index in [0.717, 1.165) is 24.6 Å². The number of nitrogens with one attached hydrogen (secondary N) is 2. The predicted octanol–water partition coefficient (Wildman–Crippen LogP) is 2.57. The van der Waals surface area contributed by atoms with Gasteiger partial charge in [0.15, 0.2) is 5.13 Å². The Morgan fingerprint density at radius 2 is 2.43 bits per heavy atom. The van der Waals surface area contributed by atoms with E-state index in [0.29, 0.717) is 5.92 Å². The molecule has 1 aromatic heterocycles. The molecule has 0 spiro atoms. The lowest BCUT2D eigenvalue weighted by Gasteiger charge is -2.10. The number of fused-ring (bicyclic) bond motifs is 1. The van der Waals surface area contributed by atoms with Crippen molar-refractivity contribution in [2.24, 2.45) is 5.92 Å². The summed E-state index contributed by atoms with van der Waals surface area (Å²) in [5.41, 5.74) is 1.24. The highest BCUT2D eigenvalue weighted by Gasteiger charge is 2.14. The molecule has 0 aromatic carbocycles. The second-order valence-corrected chi connectivity index (χ2v) is 5.10. The average Bonchev–Trinajstić information content (AvgIpc) is 2.57. The first-order valence-electron chi connectivity index (χ1n) is 5.23. The van der Waals surface area contributed by atoms with Crippen molar-refractivity contribution in [1.29, 1.82) is 0 Å². The third kappa shape index (κ3) is 2.18. The van der Waals surface area contributed by atoms with Gasteiger partial charge in [-0.2, -0.15) is 0 Å². The molecule has 0 aliphatic carbocycles. The van der Waals surface area contributed by atoms with E-state index in [2.05, 4.69) is 29.5 Å². The number of nitrogens with zero attached hydrogens (tertiary/aromatic N) is 1. The third-order valence-electron chi connectivity index (χ3n) is 2.23. The molecule has 2 heterocycles. The van der Waals surface area contributed by atoms with Gasteiger partial charge in [0, 0.05) is 13.1 Å². The molecule has 0 atom stereocenters. The van der Waals surface area contributed by atoms with Crippen molar-refractivity contribution < 1.29 is 0 Å². The first-order chi connectivity index (χ1) is 6.75. The van der Waals surface area contributed by atoms with Crippen LogP contribution >= 0.6 is 11.3 Å². The van der Waals surface area contributed by atoms with Gasteiger partial charge in [0.1, 0.15) is 5.00 Å². The summed E-state index contributed by atoms with van der Waals surface area (Å²) in [5, 5.41) is 9.09. The Balaban J connectivity index is 2.01. The molecule has 2 rings (SSSR count). The number of rotatable bonds is 3. The van der Waals surface area contributed by atoms with Crippen LogP contribution in [0.25, 0.3) is 0 Å². The summed E-state index contributed by atoms with van der Waals surface area (Å²) in [6, 6.07) is 0. The topological polar surface area (TPSA) is 37.0 Å². The van der Waals surface area contributed by atoms with Crippen LogP contribution in [0.3, 0.4) is 0 Å². The molecule has 4 heteroatoms. The van der Waals surface area contributed by atoms with Crippen LogP contribution in [0.2, 0.25) is 0 Å². The molecule has 0 bridgehead atoms. The minimum atomic E-state index is 0.670. The van der Waals surface area contributed by atoms with E-state index < -0.39 is 0 Å². The van der Waals surface area contributed by atoms with E-state index in [1.165, 1.54) is 17.1 Å². The van der Waals surface area contributed by atoms with Gasteiger partial charge in [-0.1, -0.05) is 25.2 Å². The summed E-state index contributed by atoms with van der Waals surface area (Å²) in [7, 11) is 0. The van der Waals surface area contributed by atoms with E-state index >= 15 is 0 Å². The zero-order chi connectivity index (χ0) is 9.97. The van der Waals surface area contributed by atoms with Gasteiger partial charge in [0.05, 0.1) is 5.69 Å². The molecule has 1 aliphatic heterocycles. The Bertz CT molecular complexity index is 283. The van der Waals surface area contributed by atoms with Gasteiger partial charge in [-0.15, -0.1) is 0 Å². The van der Waals surface area contributed by atoms with Crippen LogP contribution in [0.1, 0.15) is 26.0 Å². The van der Waals surface area contributed by atoms with Crippen molar-refractivity contribution in [3.63, 3.8) is 0 Å². The monoisotopic (exact) mass is 211 g/mol. The van der Waals surface area contributed by atoms with Crippen LogP contribution < -0.4 is 10.6 Å². The lowest BCUT2D eigenvalue weighted by atomic mass is 10.2. The van der Waals surface area contributed by atoms with E-state index in [1.54, 1.807) is 11.3 Å². The van der Waals surface area contributed by atoms with E-state index in [9.17, 15) is 0 Å². The maximum absolute atomic E-state index is 4.57. The van der Waals surface area contributed by atoms with Gasteiger partial charge in [-0.3, -0.25) is 0 Å². The SMILES string of the molecule is CC(C)CNc1nc2c(s1)NCCC2. The van der Waals surface area contributed by atoms with Gasteiger partial charge in [-0.05, 0) is 18.8 Å². The van der Waals surface area contributed by atoms with E-state index in [4.69, 9.17) is 0 Å². The molecular formula is C10H17N3S.